The molecule has 1 heterocycles. The third-order valence-electron chi connectivity index (χ3n) is 3.00. The molecule has 1 amide bonds. The van der Waals surface area contributed by atoms with Crippen LogP contribution < -0.4 is 0 Å². The van der Waals surface area contributed by atoms with Gasteiger partial charge >= 0.3 is 12.1 Å². The molecule has 0 unspecified atom stereocenters. The molecule has 1 rings (SSSR count). The number of rotatable bonds is 4. The number of hydrogen-bond donors (Lipinski definition) is 2. The molecule has 1 aliphatic rings. The molecule has 0 aromatic rings. The Morgan fingerprint density at radius 1 is 1.44 bits per heavy atom. The van der Waals surface area contributed by atoms with E-state index >= 15 is 0 Å². The minimum absolute atomic E-state index is 0.0414. The van der Waals surface area contributed by atoms with E-state index in [1.807, 2.05) is 0 Å². The Labute approximate surface area is 93.8 Å². The maximum absolute atomic E-state index is 11.5. The van der Waals surface area contributed by atoms with Gasteiger partial charge in [-0.1, -0.05) is 0 Å². The number of aliphatic hydroxyl groups is 1. The summed E-state index contributed by atoms with van der Waals surface area (Å²) in [6.07, 6.45) is -0.364. The van der Waals surface area contributed by atoms with E-state index in [9.17, 15) is 14.7 Å². The highest BCUT2D eigenvalue weighted by Crippen LogP contribution is 2.36. The topological polar surface area (TPSA) is 87.1 Å². The first kappa shape index (κ1) is 12.8. The molecule has 0 saturated carbocycles. The van der Waals surface area contributed by atoms with Gasteiger partial charge in [-0.2, -0.15) is 0 Å². The number of cyclic esters (lactones) is 1. The second-order valence-corrected chi connectivity index (χ2v) is 4.55. The normalized spacial score (nSPS) is 28.0. The monoisotopic (exact) mass is 231 g/mol. The molecular weight excluding hydrogens is 214 g/mol. The van der Waals surface area contributed by atoms with E-state index in [-0.39, 0.29) is 19.4 Å². The summed E-state index contributed by atoms with van der Waals surface area (Å²) in [5, 5.41) is 18.6. The number of amides is 1. The predicted octanol–water partition coefficient (Wildman–Crippen LogP) is 0.790. The number of carbonyl (C=O) groups excluding carboxylic acids is 1. The lowest BCUT2D eigenvalue weighted by atomic mass is 9.96. The van der Waals surface area contributed by atoms with Gasteiger partial charge in [0.15, 0.2) is 11.3 Å². The van der Waals surface area contributed by atoms with E-state index in [0.29, 0.717) is 0 Å². The molecule has 6 nitrogen and oxygen atoms in total. The molecule has 16 heavy (non-hydrogen) atoms. The van der Waals surface area contributed by atoms with Crippen molar-refractivity contribution in [2.24, 2.45) is 0 Å². The lowest BCUT2D eigenvalue weighted by Crippen LogP contribution is -2.53. The standard InChI is InChI=1S/C10H17NO5/c1-9(2)10(3,15)11(8(14)16-9)6-4-5-7(12)13/h15H,4-6H2,1-3H3,(H,12,13)/t10-/m1/s1. The first-order valence-corrected chi connectivity index (χ1v) is 5.13. The van der Waals surface area contributed by atoms with Crippen LogP contribution in [0, 0.1) is 0 Å². The van der Waals surface area contributed by atoms with Crippen molar-refractivity contribution in [3.63, 3.8) is 0 Å². The summed E-state index contributed by atoms with van der Waals surface area (Å²) in [6, 6.07) is 0. The highest BCUT2D eigenvalue weighted by molar-refractivity contribution is 5.72. The minimum atomic E-state index is -1.41. The van der Waals surface area contributed by atoms with Gasteiger partial charge in [0.05, 0.1) is 0 Å². The molecule has 1 atom stereocenters. The van der Waals surface area contributed by atoms with Crippen LogP contribution in [0.1, 0.15) is 33.6 Å². The minimum Gasteiger partial charge on any atom is -0.481 e. The molecule has 2 N–H and O–H groups in total. The summed E-state index contributed by atoms with van der Waals surface area (Å²) in [5.74, 6) is -0.925. The van der Waals surface area contributed by atoms with E-state index in [2.05, 4.69) is 0 Å². The Kier molecular flexibility index (Phi) is 3.14. The van der Waals surface area contributed by atoms with Crippen molar-refractivity contribution < 1.29 is 24.5 Å². The van der Waals surface area contributed by atoms with Gasteiger partial charge < -0.3 is 14.9 Å². The maximum Gasteiger partial charge on any atom is 0.412 e. The quantitative estimate of drug-likeness (QED) is 0.747. The molecule has 0 bridgehead atoms. The number of carbonyl (C=O) groups is 2. The fourth-order valence-corrected chi connectivity index (χ4v) is 1.57. The molecule has 0 aromatic heterocycles. The Bertz CT molecular complexity index is 310. The molecule has 1 fully saturated rings. The zero-order valence-corrected chi connectivity index (χ0v) is 9.69. The Morgan fingerprint density at radius 3 is 2.38 bits per heavy atom. The summed E-state index contributed by atoms with van der Waals surface area (Å²) < 4.78 is 5.02. The van der Waals surface area contributed by atoms with Gasteiger partial charge in [0.2, 0.25) is 0 Å². The largest absolute Gasteiger partial charge is 0.481 e. The van der Waals surface area contributed by atoms with Crippen LogP contribution in [0.15, 0.2) is 0 Å². The van der Waals surface area contributed by atoms with Crippen molar-refractivity contribution in [1.29, 1.82) is 0 Å². The Hall–Kier alpha value is -1.30. The maximum atomic E-state index is 11.5. The highest BCUT2D eigenvalue weighted by atomic mass is 16.6. The number of carboxylic acids is 1. The predicted molar refractivity (Wildman–Crippen MR) is 54.8 cm³/mol. The molecular formula is C10H17NO5. The number of nitrogens with zero attached hydrogens (tertiary/aromatic N) is 1. The van der Waals surface area contributed by atoms with Crippen LogP contribution in [0.25, 0.3) is 0 Å². The van der Waals surface area contributed by atoms with Crippen molar-refractivity contribution >= 4 is 12.1 Å². The van der Waals surface area contributed by atoms with Crippen LogP contribution >= 0.6 is 0 Å². The van der Waals surface area contributed by atoms with Gasteiger partial charge in [-0.3, -0.25) is 9.69 Å². The van der Waals surface area contributed by atoms with Gasteiger partial charge in [0.1, 0.15) is 0 Å². The van der Waals surface area contributed by atoms with E-state index in [1.165, 1.54) is 6.92 Å². The van der Waals surface area contributed by atoms with Crippen LogP contribution in [0.4, 0.5) is 4.79 Å². The van der Waals surface area contributed by atoms with Crippen molar-refractivity contribution in [1.82, 2.24) is 4.90 Å². The van der Waals surface area contributed by atoms with E-state index in [1.54, 1.807) is 13.8 Å². The van der Waals surface area contributed by atoms with Gasteiger partial charge in [-0.15, -0.1) is 0 Å². The van der Waals surface area contributed by atoms with Crippen molar-refractivity contribution in [2.75, 3.05) is 6.54 Å². The second kappa shape index (κ2) is 3.93. The van der Waals surface area contributed by atoms with Crippen LogP contribution in [0.5, 0.6) is 0 Å². The summed E-state index contributed by atoms with van der Waals surface area (Å²) >= 11 is 0. The highest BCUT2D eigenvalue weighted by Gasteiger charge is 2.56. The summed E-state index contributed by atoms with van der Waals surface area (Å²) in [7, 11) is 0. The molecule has 1 aliphatic heterocycles. The zero-order valence-electron chi connectivity index (χ0n) is 9.69. The molecule has 6 heteroatoms. The Morgan fingerprint density at radius 2 is 2.00 bits per heavy atom. The zero-order chi connectivity index (χ0) is 12.6. The van der Waals surface area contributed by atoms with E-state index in [4.69, 9.17) is 9.84 Å². The molecule has 0 aliphatic carbocycles. The lowest BCUT2D eigenvalue weighted by molar-refractivity contribution is -0.138. The summed E-state index contributed by atoms with van der Waals surface area (Å²) in [5.41, 5.74) is -2.41. The van der Waals surface area contributed by atoms with Crippen LogP contribution in [-0.2, 0) is 9.53 Å². The summed E-state index contributed by atoms with van der Waals surface area (Å²) in [4.78, 5) is 23.0. The second-order valence-electron chi connectivity index (χ2n) is 4.55. The van der Waals surface area contributed by atoms with E-state index in [0.717, 1.165) is 4.90 Å². The van der Waals surface area contributed by atoms with Crippen molar-refractivity contribution in [3.8, 4) is 0 Å². The molecule has 0 aromatic carbocycles. The van der Waals surface area contributed by atoms with Gasteiger partial charge in [-0.25, -0.2) is 4.79 Å². The third kappa shape index (κ3) is 2.11. The fourth-order valence-electron chi connectivity index (χ4n) is 1.57. The molecule has 92 valence electrons. The molecule has 0 radical (unpaired) electrons. The molecule has 0 spiro atoms. The molecule has 1 saturated heterocycles. The number of carboxylic acid groups (broad SMARTS) is 1. The van der Waals surface area contributed by atoms with Gasteiger partial charge in [0, 0.05) is 13.0 Å². The van der Waals surface area contributed by atoms with Gasteiger partial charge in [0.25, 0.3) is 0 Å². The first-order valence-electron chi connectivity index (χ1n) is 5.13. The van der Waals surface area contributed by atoms with Crippen LogP contribution in [-0.4, -0.2) is 45.0 Å². The van der Waals surface area contributed by atoms with Crippen molar-refractivity contribution in [3.05, 3.63) is 0 Å². The van der Waals surface area contributed by atoms with Gasteiger partial charge in [-0.05, 0) is 27.2 Å². The smallest absolute Gasteiger partial charge is 0.412 e. The Balaban J connectivity index is 2.66. The first-order chi connectivity index (χ1) is 7.18. The number of hydrogen-bond acceptors (Lipinski definition) is 4. The fraction of sp³-hybridized carbons (Fsp3) is 0.800. The average molecular weight is 231 g/mol. The van der Waals surface area contributed by atoms with E-state index < -0.39 is 23.4 Å². The SMILES string of the molecule is CC1(C)OC(=O)N(CCCC(=O)O)[C@]1(C)O. The van der Waals surface area contributed by atoms with Crippen LogP contribution in [0.2, 0.25) is 0 Å². The average Bonchev–Trinajstić information content (AvgIpc) is 2.23. The summed E-state index contributed by atoms with van der Waals surface area (Å²) in [6.45, 7) is 4.88. The lowest BCUT2D eigenvalue weighted by Gasteiger charge is -2.34. The van der Waals surface area contributed by atoms with Crippen molar-refractivity contribution in [2.45, 2.75) is 44.9 Å². The number of ether oxygens (including phenoxy) is 1. The third-order valence-corrected chi connectivity index (χ3v) is 3.00. The van der Waals surface area contributed by atoms with Crippen LogP contribution in [0.3, 0.4) is 0 Å². The number of aliphatic carboxylic acids is 1.